The van der Waals surface area contributed by atoms with Gasteiger partial charge in [-0.05, 0) is 18.2 Å². The summed E-state index contributed by atoms with van der Waals surface area (Å²) in [6, 6.07) is 8.80. The van der Waals surface area contributed by atoms with Crippen LogP contribution in [0.15, 0.2) is 55.4 Å². The van der Waals surface area contributed by atoms with E-state index >= 15 is 0 Å². The Bertz CT molecular complexity index is 775. The largest absolute Gasteiger partial charge is 0.366 e. The van der Waals surface area contributed by atoms with E-state index in [0.717, 1.165) is 5.56 Å². The maximum atomic E-state index is 11.7. The minimum atomic E-state index is -0.514. The highest BCUT2D eigenvalue weighted by molar-refractivity contribution is 6.03. The van der Waals surface area contributed by atoms with E-state index in [1.165, 1.54) is 12.7 Å². The van der Waals surface area contributed by atoms with E-state index in [9.17, 15) is 4.79 Å². The van der Waals surface area contributed by atoms with Crippen molar-refractivity contribution >= 4 is 5.91 Å². The summed E-state index contributed by atoms with van der Waals surface area (Å²) in [4.78, 5) is 28.0. The van der Waals surface area contributed by atoms with Crippen molar-refractivity contribution in [3.8, 4) is 22.5 Å². The first-order chi connectivity index (χ1) is 10.3. The Hall–Kier alpha value is -3.15. The second-order valence-corrected chi connectivity index (χ2v) is 4.28. The topological polar surface area (TPSA) is 94.7 Å². The van der Waals surface area contributed by atoms with E-state index in [0.29, 0.717) is 22.5 Å². The highest BCUT2D eigenvalue weighted by atomic mass is 16.1. The molecule has 0 aliphatic rings. The Morgan fingerprint density at radius 3 is 2.14 bits per heavy atom. The average molecular weight is 277 g/mol. The predicted octanol–water partition coefficient (Wildman–Crippen LogP) is 1.70. The molecule has 21 heavy (non-hydrogen) atoms. The zero-order valence-corrected chi connectivity index (χ0v) is 11.0. The van der Waals surface area contributed by atoms with Crippen LogP contribution in [0, 0.1) is 0 Å². The van der Waals surface area contributed by atoms with Gasteiger partial charge in [0.05, 0.1) is 11.4 Å². The number of benzene rings is 1. The summed E-state index contributed by atoms with van der Waals surface area (Å²) in [7, 11) is 0. The van der Waals surface area contributed by atoms with Gasteiger partial charge in [-0.1, -0.05) is 12.1 Å². The van der Waals surface area contributed by atoms with Gasteiger partial charge in [0, 0.05) is 29.1 Å². The van der Waals surface area contributed by atoms with Crippen LogP contribution in [0.5, 0.6) is 0 Å². The van der Waals surface area contributed by atoms with Gasteiger partial charge in [-0.25, -0.2) is 19.9 Å². The van der Waals surface area contributed by atoms with E-state index in [4.69, 9.17) is 5.73 Å². The number of aromatic nitrogens is 4. The van der Waals surface area contributed by atoms with Crippen LogP contribution in [-0.4, -0.2) is 25.8 Å². The van der Waals surface area contributed by atoms with E-state index in [-0.39, 0.29) is 0 Å². The van der Waals surface area contributed by atoms with Crippen molar-refractivity contribution in [3.63, 3.8) is 0 Å². The molecule has 0 fully saturated rings. The van der Waals surface area contributed by atoms with Crippen LogP contribution < -0.4 is 5.73 Å². The number of primary amides is 1. The molecule has 6 nitrogen and oxygen atoms in total. The van der Waals surface area contributed by atoms with Gasteiger partial charge in [0.1, 0.15) is 12.7 Å². The van der Waals surface area contributed by atoms with Gasteiger partial charge in [-0.15, -0.1) is 0 Å². The standard InChI is InChI=1S/C15H11N5O/c16-15(21)11-3-1-2-10(12-4-6-17-8-19-12)14(11)13-5-7-18-9-20-13/h1-9H,(H2,16,21). The number of nitrogens with zero attached hydrogens (tertiary/aromatic N) is 4. The van der Waals surface area contributed by atoms with Crippen LogP contribution in [0.1, 0.15) is 10.4 Å². The van der Waals surface area contributed by atoms with Crippen LogP contribution in [-0.2, 0) is 0 Å². The fourth-order valence-electron chi connectivity index (χ4n) is 2.14. The minimum absolute atomic E-state index is 0.393. The molecule has 0 radical (unpaired) electrons. The minimum Gasteiger partial charge on any atom is -0.366 e. The third kappa shape index (κ3) is 2.46. The van der Waals surface area contributed by atoms with Gasteiger partial charge in [0.2, 0.25) is 5.91 Å². The van der Waals surface area contributed by atoms with Crippen molar-refractivity contribution in [2.24, 2.45) is 5.73 Å². The summed E-state index contributed by atoms with van der Waals surface area (Å²) < 4.78 is 0. The normalized spacial score (nSPS) is 10.3. The fraction of sp³-hybridized carbons (Fsp3) is 0. The van der Waals surface area contributed by atoms with Crippen LogP contribution in [0.3, 0.4) is 0 Å². The van der Waals surface area contributed by atoms with Gasteiger partial charge < -0.3 is 5.73 Å². The molecular formula is C15H11N5O. The number of nitrogens with two attached hydrogens (primary N) is 1. The first-order valence-electron chi connectivity index (χ1n) is 6.23. The lowest BCUT2D eigenvalue weighted by molar-refractivity contribution is 0.100. The number of hydrogen-bond acceptors (Lipinski definition) is 5. The lowest BCUT2D eigenvalue weighted by Crippen LogP contribution is -2.13. The Kier molecular flexibility index (Phi) is 3.34. The summed E-state index contributed by atoms with van der Waals surface area (Å²) in [5, 5.41) is 0. The Morgan fingerprint density at radius 2 is 1.57 bits per heavy atom. The first kappa shape index (κ1) is 12.9. The van der Waals surface area contributed by atoms with Gasteiger partial charge in [0.25, 0.3) is 0 Å². The lowest BCUT2D eigenvalue weighted by atomic mass is 9.95. The Balaban J connectivity index is 2.31. The Morgan fingerprint density at radius 1 is 0.905 bits per heavy atom. The zero-order valence-electron chi connectivity index (χ0n) is 11.0. The third-order valence-corrected chi connectivity index (χ3v) is 3.03. The molecule has 0 saturated carbocycles. The average Bonchev–Trinajstić information content (AvgIpc) is 2.55. The molecule has 0 aliphatic heterocycles. The summed E-state index contributed by atoms with van der Waals surface area (Å²) in [6.45, 7) is 0. The molecule has 102 valence electrons. The van der Waals surface area contributed by atoms with Gasteiger partial charge >= 0.3 is 0 Å². The molecule has 0 bridgehead atoms. The van der Waals surface area contributed by atoms with Crippen LogP contribution >= 0.6 is 0 Å². The van der Waals surface area contributed by atoms with Gasteiger partial charge in [0.15, 0.2) is 0 Å². The number of rotatable bonds is 3. The molecule has 0 unspecified atom stereocenters. The van der Waals surface area contributed by atoms with E-state index in [1.807, 2.05) is 6.07 Å². The molecule has 2 aromatic heterocycles. The molecule has 0 saturated heterocycles. The number of carbonyl (C=O) groups is 1. The van der Waals surface area contributed by atoms with Crippen molar-refractivity contribution in [3.05, 3.63) is 60.9 Å². The van der Waals surface area contributed by atoms with Crippen molar-refractivity contribution < 1.29 is 4.79 Å². The zero-order chi connectivity index (χ0) is 14.7. The molecule has 2 heterocycles. The summed E-state index contributed by atoms with van der Waals surface area (Å²) in [5.41, 5.74) is 8.61. The molecule has 3 rings (SSSR count). The van der Waals surface area contributed by atoms with Crippen LogP contribution in [0.2, 0.25) is 0 Å². The SMILES string of the molecule is NC(=O)c1cccc(-c2ccncn2)c1-c1ccncn1. The summed E-state index contributed by atoms with van der Waals surface area (Å²) in [6.07, 6.45) is 6.14. The monoisotopic (exact) mass is 277 g/mol. The van der Waals surface area contributed by atoms with Crippen molar-refractivity contribution in [2.75, 3.05) is 0 Å². The lowest BCUT2D eigenvalue weighted by Gasteiger charge is -2.12. The molecule has 0 spiro atoms. The number of carbonyl (C=O) groups excluding carboxylic acids is 1. The molecular weight excluding hydrogens is 266 g/mol. The maximum absolute atomic E-state index is 11.7. The summed E-state index contributed by atoms with van der Waals surface area (Å²) in [5.74, 6) is -0.514. The second kappa shape index (κ2) is 5.46. The highest BCUT2D eigenvalue weighted by Crippen LogP contribution is 2.32. The molecule has 0 atom stereocenters. The number of amides is 1. The molecule has 2 N–H and O–H groups in total. The quantitative estimate of drug-likeness (QED) is 0.786. The van der Waals surface area contributed by atoms with Gasteiger partial charge in [-0.3, -0.25) is 4.79 Å². The maximum Gasteiger partial charge on any atom is 0.249 e. The molecule has 6 heteroatoms. The first-order valence-corrected chi connectivity index (χ1v) is 6.23. The Labute approximate surface area is 120 Å². The highest BCUT2D eigenvalue weighted by Gasteiger charge is 2.17. The predicted molar refractivity (Wildman–Crippen MR) is 77.0 cm³/mol. The van der Waals surface area contributed by atoms with Gasteiger partial charge in [-0.2, -0.15) is 0 Å². The van der Waals surface area contributed by atoms with Crippen LogP contribution in [0.4, 0.5) is 0 Å². The van der Waals surface area contributed by atoms with E-state index in [2.05, 4.69) is 19.9 Å². The number of hydrogen-bond donors (Lipinski definition) is 1. The van der Waals surface area contributed by atoms with Crippen molar-refractivity contribution in [1.82, 2.24) is 19.9 Å². The molecule has 0 aliphatic carbocycles. The van der Waals surface area contributed by atoms with Crippen molar-refractivity contribution in [2.45, 2.75) is 0 Å². The molecule has 1 amide bonds. The van der Waals surface area contributed by atoms with Crippen LogP contribution in [0.25, 0.3) is 22.5 Å². The fourth-order valence-corrected chi connectivity index (χ4v) is 2.14. The molecule has 3 aromatic rings. The summed E-state index contributed by atoms with van der Waals surface area (Å²) >= 11 is 0. The van der Waals surface area contributed by atoms with Crippen molar-refractivity contribution in [1.29, 1.82) is 0 Å². The smallest absolute Gasteiger partial charge is 0.249 e. The van der Waals surface area contributed by atoms with E-state index in [1.54, 1.807) is 36.7 Å². The third-order valence-electron chi connectivity index (χ3n) is 3.03. The molecule has 1 aromatic carbocycles. The second-order valence-electron chi connectivity index (χ2n) is 4.28. The van der Waals surface area contributed by atoms with E-state index < -0.39 is 5.91 Å².